The number of nitrogens with two attached hydrogens (primary N) is 1. The maximum atomic E-state index is 13.0. The van der Waals surface area contributed by atoms with Crippen molar-refractivity contribution < 1.29 is 14.4 Å². The highest BCUT2D eigenvalue weighted by Crippen LogP contribution is 2.24. The van der Waals surface area contributed by atoms with Gasteiger partial charge in [0, 0.05) is 24.0 Å². The van der Waals surface area contributed by atoms with Gasteiger partial charge in [-0.05, 0) is 44.0 Å². The molecule has 1 aliphatic heterocycles. The van der Waals surface area contributed by atoms with Gasteiger partial charge in [-0.3, -0.25) is 9.59 Å². The third kappa shape index (κ3) is 9.33. The summed E-state index contributed by atoms with van der Waals surface area (Å²) in [6.45, 7) is 3.08. The number of amides is 4. The highest BCUT2D eigenvalue weighted by Gasteiger charge is 2.38. The van der Waals surface area contributed by atoms with Crippen LogP contribution in [-0.4, -0.2) is 48.4 Å². The summed E-state index contributed by atoms with van der Waals surface area (Å²) in [4.78, 5) is 40.7. The van der Waals surface area contributed by atoms with Crippen LogP contribution in [0.4, 0.5) is 10.5 Å². The van der Waals surface area contributed by atoms with Crippen LogP contribution in [0, 0.1) is 0 Å². The summed E-state index contributed by atoms with van der Waals surface area (Å²) >= 11 is 6.03. The van der Waals surface area contributed by atoms with Crippen molar-refractivity contribution in [2.45, 2.75) is 83.6 Å². The Kier molecular flexibility index (Phi) is 12.3. The lowest BCUT2D eigenvalue weighted by Gasteiger charge is -2.24. The summed E-state index contributed by atoms with van der Waals surface area (Å²) in [5.74, 6) is -0.289. The van der Waals surface area contributed by atoms with Crippen molar-refractivity contribution >= 4 is 35.1 Å². The number of anilines is 1. The lowest BCUT2D eigenvalue weighted by Crippen LogP contribution is -2.45. The number of hydrogen-bond acceptors (Lipinski definition) is 4. The Morgan fingerprint density at radius 2 is 1.82 bits per heavy atom. The zero-order valence-corrected chi connectivity index (χ0v) is 20.6. The van der Waals surface area contributed by atoms with E-state index in [-0.39, 0.29) is 30.4 Å². The van der Waals surface area contributed by atoms with Gasteiger partial charge in [-0.2, -0.15) is 0 Å². The van der Waals surface area contributed by atoms with Crippen molar-refractivity contribution in [2.75, 3.05) is 24.5 Å². The van der Waals surface area contributed by atoms with Gasteiger partial charge >= 0.3 is 6.03 Å². The number of carbonyl (C=O) groups excluding carboxylic acids is 3. The number of benzene rings is 1. The van der Waals surface area contributed by atoms with Gasteiger partial charge in [-0.1, -0.05) is 69.5 Å². The smallest absolute Gasteiger partial charge is 0.331 e. The average molecular weight is 479 g/mol. The zero-order valence-electron chi connectivity index (χ0n) is 19.9. The Labute approximate surface area is 203 Å². The molecular weight excluding hydrogens is 440 g/mol. The van der Waals surface area contributed by atoms with Crippen molar-refractivity contribution in [2.24, 2.45) is 5.73 Å². The number of nitrogens with one attached hydrogen (secondary N) is 1. The van der Waals surface area contributed by atoms with Crippen molar-refractivity contribution in [3.8, 4) is 0 Å². The Balaban J connectivity index is 1.88. The van der Waals surface area contributed by atoms with E-state index in [0.717, 1.165) is 43.4 Å². The van der Waals surface area contributed by atoms with Crippen LogP contribution >= 0.6 is 11.6 Å². The molecule has 0 bridgehead atoms. The molecule has 8 heteroatoms. The first-order valence-corrected chi connectivity index (χ1v) is 12.7. The van der Waals surface area contributed by atoms with Crippen LogP contribution in [0.5, 0.6) is 0 Å². The first kappa shape index (κ1) is 27.1. The van der Waals surface area contributed by atoms with Gasteiger partial charge in [0.15, 0.2) is 0 Å². The molecule has 184 valence electrons. The fourth-order valence-electron chi connectivity index (χ4n) is 4.11. The lowest BCUT2D eigenvalue weighted by atomic mass is 10.1. The summed E-state index contributed by atoms with van der Waals surface area (Å²) < 4.78 is 0. The third-order valence-electron chi connectivity index (χ3n) is 5.92. The molecule has 0 radical (unpaired) electrons. The summed E-state index contributed by atoms with van der Waals surface area (Å²) in [6.07, 6.45) is 11.0. The first-order chi connectivity index (χ1) is 16.0. The highest BCUT2D eigenvalue weighted by molar-refractivity contribution is 6.31. The van der Waals surface area contributed by atoms with E-state index in [2.05, 4.69) is 12.2 Å². The average Bonchev–Trinajstić information content (AvgIpc) is 3.06. The normalized spacial score (nSPS) is 14.8. The maximum absolute atomic E-state index is 13.0. The number of nitrogens with zero attached hydrogens (tertiary/aromatic N) is 2. The van der Waals surface area contributed by atoms with E-state index in [1.807, 2.05) is 0 Å². The zero-order chi connectivity index (χ0) is 24.1. The largest absolute Gasteiger partial charge is 0.352 e. The molecular formula is C25H39ClN4O3. The molecule has 4 amide bonds. The molecule has 0 unspecified atom stereocenters. The maximum Gasteiger partial charge on any atom is 0.331 e. The fourth-order valence-corrected chi connectivity index (χ4v) is 4.30. The standard InChI is InChI=1S/C25H39ClN4O3/c1-2-3-4-5-6-7-8-15-23(31)28-21(13-9-10-16-27)18-29-19-24(32)30(25(29)33)22-14-11-12-20(26)17-22/h11-12,14,17,21H,2-10,13,15-16,18-19,27H2,1H3,(H,28,31)/t21-/m0/s1. The van der Waals surface area contributed by atoms with E-state index in [0.29, 0.717) is 30.2 Å². The first-order valence-electron chi connectivity index (χ1n) is 12.3. The second kappa shape index (κ2) is 14.9. The molecule has 1 atom stereocenters. The van der Waals surface area contributed by atoms with Crippen LogP contribution in [0.25, 0.3) is 0 Å². The van der Waals surface area contributed by atoms with Crippen LogP contribution in [0.2, 0.25) is 5.02 Å². The van der Waals surface area contributed by atoms with Gasteiger partial charge < -0.3 is 16.0 Å². The van der Waals surface area contributed by atoms with Crippen LogP contribution < -0.4 is 16.0 Å². The number of hydrogen-bond donors (Lipinski definition) is 2. The second-order valence-electron chi connectivity index (χ2n) is 8.79. The summed E-state index contributed by atoms with van der Waals surface area (Å²) in [7, 11) is 0. The number of carbonyl (C=O) groups is 3. The van der Waals surface area contributed by atoms with Gasteiger partial charge in [-0.15, -0.1) is 0 Å². The van der Waals surface area contributed by atoms with Crippen molar-refractivity contribution in [1.82, 2.24) is 10.2 Å². The van der Waals surface area contributed by atoms with Gasteiger partial charge in [0.05, 0.1) is 5.69 Å². The molecule has 33 heavy (non-hydrogen) atoms. The summed E-state index contributed by atoms with van der Waals surface area (Å²) in [6, 6.07) is 6.11. The third-order valence-corrected chi connectivity index (χ3v) is 6.16. The van der Waals surface area contributed by atoms with Crippen molar-refractivity contribution in [3.63, 3.8) is 0 Å². The molecule has 0 aliphatic carbocycles. The van der Waals surface area contributed by atoms with E-state index in [1.165, 1.54) is 30.6 Å². The minimum absolute atomic E-state index is 0.00553. The number of halogens is 1. The number of urea groups is 1. The quantitative estimate of drug-likeness (QED) is 0.262. The molecule has 1 saturated heterocycles. The molecule has 1 aromatic rings. The molecule has 0 spiro atoms. The molecule has 1 heterocycles. The van der Waals surface area contributed by atoms with Gasteiger partial charge in [0.25, 0.3) is 5.91 Å². The second-order valence-corrected chi connectivity index (χ2v) is 9.23. The molecule has 1 aliphatic rings. The minimum Gasteiger partial charge on any atom is -0.352 e. The fraction of sp³-hybridized carbons (Fsp3) is 0.640. The SMILES string of the molecule is CCCCCCCCCC(=O)N[C@@H](CCCCN)CN1CC(=O)N(c2cccc(Cl)c2)C1=O. The molecule has 2 rings (SSSR count). The van der Waals surface area contributed by atoms with E-state index < -0.39 is 0 Å². The molecule has 1 aromatic carbocycles. The van der Waals surface area contributed by atoms with Crippen LogP contribution in [0.1, 0.15) is 77.6 Å². The van der Waals surface area contributed by atoms with Gasteiger partial charge in [0.2, 0.25) is 5.91 Å². The molecule has 7 nitrogen and oxygen atoms in total. The van der Waals surface area contributed by atoms with Gasteiger partial charge in [0.1, 0.15) is 6.54 Å². The van der Waals surface area contributed by atoms with Crippen molar-refractivity contribution in [1.29, 1.82) is 0 Å². The summed E-state index contributed by atoms with van der Waals surface area (Å²) in [5.41, 5.74) is 6.09. The Morgan fingerprint density at radius 3 is 2.52 bits per heavy atom. The van der Waals surface area contributed by atoms with E-state index in [1.54, 1.807) is 24.3 Å². The number of unbranched alkanes of at least 4 members (excludes halogenated alkanes) is 7. The Hall–Kier alpha value is -2.12. The number of rotatable bonds is 16. The molecule has 0 aromatic heterocycles. The highest BCUT2D eigenvalue weighted by atomic mass is 35.5. The number of imide groups is 1. The van der Waals surface area contributed by atoms with E-state index in [4.69, 9.17) is 17.3 Å². The molecule has 1 fully saturated rings. The van der Waals surface area contributed by atoms with Crippen LogP contribution in [0.15, 0.2) is 24.3 Å². The Morgan fingerprint density at radius 1 is 1.09 bits per heavy atom. The predicted molar refractivity (Wildman–Crippen MR) is 133 cm³/mol. The van der Waals surface area contributed by atoms with Crippen molar-refractivity contribution in [3.05, 3.63) is 29.3 Å². The topological polar surface area (TPSA) is 95.7 Å². The monoisotopic (exact) mass is 478 g/mol. The van der Waals surface area contributed by atoms with E-state index in [9.17, 15) is 14.4 Å². The van der Waals surface area contributed by atoms with E-state index >= 15 is 0 Å². The lowest BCUT2D eigenvalue weighted by molar-refractivity contribution is -0.122. The summed E-state index contributed by atoms with van der Waals surface area (Å²) in [5, 5.41) is 3.55. The predicted octanol–water partition coefficient (Wildman–Crippen LogP) is 4.86. The molecule has 3 N–H and O–H groups in total. The van der Waals surface area contributed by atoms with Gasteiger partial charge in [-0.25, -0.2) is 9.69 Å². The minimum atomic E-state index is -0.382. The van der Waals surface area contributed by atoms with Crippen LogP contribution in [-0.2, 0) is 9.59 Å². The molecule has 0 saturated carbocycles. The Bertz CT molecular complexity index is 774. The van der Waals surface area contributed by atoms with Crippen LogP contribution in [0.3, 0.4) is 0 Å².